The van der Waals surface area contributed by atoms with E-state index in [2.05, 4.69) is 10.2 Å². The van der Waals surface area contributed by atoms with Crippen LogP contribution in [0.1, 0.15) is 25.7 Å². The average molecular weight is 186 g/mol. The van der Waals surface area contributed by atoms with Gasteiger partial charge in [0.2, 0.25) is 0 Å². The van der Waals surface area contributed by atoms with Gasteiger partial charge in [0.25, 0.3) is 0 Å². The topological polar surface area (TPSA) is 15.3 Å². The molecule has 2 heterocycles. The van der Waals surface area contributed by atoms with Gasteiger partial charge in [-0.1, -0.05) is 0 Å². The summed E-state index contributed by atoms with van der Waals surface area (Å²) in [5, 5.41) is 3.45. The van der Waals surface area contributed by atoms with Crippen molar-refractivity contribution < 1.29 is 4.39 Å². The van der Waals surface area contributed by atoms with Crippen LogP contribution in [0, 0.1) is 0 Å². The minimum atomic E-state index is -0.574. The molecule has 0 spiro atoms. The number of halogens is 1. The van der Waals surface area contributed by atoms with Crippen LogP contribution in [0.25, 0.3) is 0 Å². The van der Waals surface area contributed by atoms with Gasteiger partial charge in [0.15, 0.2) is 0 Å². The van der Waals surface area contributed by atoms with Crippen LogP contribution in [-0.4, -0.2) is 43.3 Å². The quantitative estimate of drug-likeness (QED) is 0.696. The summed E-state index contributed by atoms with van der Waals surface area (Å²) in [6, 6.07) is 0.630. The number of rotatable bonds is 2. The second-order valence-electron chi connectivity index (χ2n) is 4.29. The SMILES string of the molecule is FC1CCCN(C[C@@H]2CCCN2)C1. The zero-order valence-corrected chi connectivity index (χ0v) is 8.14. The summed E-state index contributed by atoms with van der Waals surface area (Å²) in [5.74, 6) is 0. The van der Waals surface area contributed by atoms with Crippen LogP contribution in [-0.2, 0) is 0 Å². The predicted octanol–water partition coefficient (Wildman–Crippen LogP) is 1.17. The highest BCUT2D eigenvalue weighted by molar-refractivity contribution is 4.81. The van der Waals surface area contributed by atoms with Gasteiger partial charge in [0.1, 0.15) is 6.17 Å². The summed E-state index contributed by atoms with van der Waals surface area (Å²) in [5.41, 5.74) is 0. The van der Waals surface area contributed by atoms with E-state index in [1.54, 1.807) is 0 Å². The normalized spacial score (nSPS) is 36.7. The average Bonchev–Trinajstić information content (AvgIpc) is 2.57. The molecule has 2 rings (SSSR count). The summed E-state index contributed by atoms with van der Waals surface area (Å²) in [4.78, 5) is 2.27. The van der Waals surface area contributed by atoms with Crippen LogP contribution >= 0.6 is 0 Å². The highest BCUT2D eigenvalue weighted by Crippen LogP contribution is 2.15. The second kappa shape index (κ2) is 4.38. The molecule has 76 valence electrons. The second-order valence-corrected chi connectivity index (χ2v) is 4.29. The van der Waals surface area contributed by atoms with Crippen LogP contribution < -0.4 is 5.32 Å². The van der Waals surface area contributed by atoms with Gasteiger partial charge in [-0.15, -0.1) is 0 Å². The zero-order chi connectivity index (χ0) is 9.10. The molecule has 0 aliphatic carbocycles. The number of hydrogen-bond acceptors (Lipinski definition) is 2. The van der Waals surface area contributed by atoms with Gasteiger partial charge in [-0.05, 0) is 38.8 Å². The lowest BCUT2D eigenvalue weighted by Crippen LogP contribution is -2.43. The van der Waals surface area contributed by atoms with Crippen molar-refractivity contribution in [1.29, 1.82) is 0 Å². The number of likely N-dealkylation sites (tertiary alicyclic amines) is 1. The number of piperidine rings is 1. The molecule has 0 radical (unpaired) electrons. The molecule has 0 aromatic rings. The molecule has 0 bridgehead atoms. The van der Waals surface area contributed by atoms with Gasteiger partial charge in [0, 0.05) is 19.1 Å². The Labute approximate surface area is 79.5 Å². The number of nitrogens with zero attached hydrogens (tertiary/aromatic N) is 1. The first kappa shape index (κ1) is 9.41. The van der Waals surface area contributed by atoms with E-state index >= 15 is 0 Å². The van der Waals surface area contributed by atoms with Crippen LogP contribution in [0.5, 0.6) is 0 Å². The van der Waals surface area contributed by atoms with Crippen molar-refractivity contribution in [3.05, 3.63) is 0 Å². The third-order valence-electron chi connectivity index (χ3n) is 3.09. The van der Waals surface area contributed by atoms with Gasteiger partial charge < -0.3 is 5.32 Å². The van der Waals surface area contributed by atoms with Crippen LogP contribution in [0.3, 0.4) is 0 Å². The van der Waals surface area contributed by atoms with Crippen molar-refractivity contribution >= 4 is 0 Å². The van der Waals surface area contributed by atoms with Crippen molar-refractivity contribution in [3.8, 4) is 0 Å². The van der Waals surface area contributed by atoms with Gasteiger partial charge in [-0.2, -0.15) is 0 Å². The highest BCUT2D eigenvalue weighted by atomic mass is 19.1. The van der Waals surface area contributed by atoms with Gasteiger partial charge in [-0.3, -0.25) is 4.90 Å². The first-order valence-corrected chi connectivity index (χ1v) is 5.44. The maximum atomic E-state index is 13.0. The fourth-order valence-corrected chi connectivity index (χ4v) is 2.39. The lowest BCUT2D eigenvalue weighted by atomic mass is 10.1. The number of alkyl halides is 1. The monoisotopic (exact) mass is 186 g/mol. The fourth-order valence-electron chi connectivity index (χ4n) is 2.39. The fraction of sp³-hybridized carbons (Fsp3) is 1.00. The van der Waals surface area contributed by atoms with Gasteiger partial charge in [-0.25, -0.2) is 4.39 Å². The number of nitrogens with one attached hydrogen (secondary N) is 1. The molecule has 13 heavy (non-hydrogen) atoms. The van der Waals surface area contributed by atoms with Crippen molar-refractivity contribution in [1.82, 2.24) is 10.2 Å². The molecule has 2 nitrogen and oxygen atoms in total. The molecule has 2 saturated heterocycles. The molecule has 2 atom stereocenters. The Hall–Kier alpha value is -0.150. The molecule has 1 N–H and O–H groups in total. The molecular formula is C10H19FN2. The lowest BCUT2D eigenvalue weighted by Gasteiger charge is -2.30. The third-order valence-corrected chi connectivity index (χ3v) is 3.09. The van der Waals surface area contributed by atoms with E-state index in [1.807, 2.05) is 0 Å². The molecular weight excluding hydrogens is 167 g/mol. The minimum Gasteiger partial charge on any atom is -0.313 e. The Morgan fingerprint density at radius 2 is 2.23 bits per heavy atom. The van der Waals surface area contributed by atoms with Crippen molar-refractivity contribution in [2.75, 3.05) is 26.2 Å². The molecule has 3 heteroatoms. The summed E-state index contributed by atoms with van der Waals surface area (Å²) >= 11 is 0. The van der Waals surface area contributed by atoms with E-state index in [4.69, 9.17) is 0 Å². The summed E-state index contributed by atoms with van der Waals surface area (Å²) < 4.78 is 13.0. The van der Waals surface area contributed by atoms with E-state index in [1.165, 1.54) is 12.8 Å². The molecule has 2 aliphatic heterocycles. The first-order valence-electron chi connectivity index (χ1n) is 5.44. The lowest BCUT2D eigenvalue weighted by molar-refractivity contribution is 0.130. The maximum absolute atomic E-state index is 13.0. The molecule has 0 aromatic carbocycles. The van der Waals surface area contributed by atoms with Crippen LogP contribution in [0.4, 0.5) is 4.39 Å². The van der Waals surface area contributed by atoms with Crippen molar-refractivity contribution in [2.24, 2.45) is 0 Å². The maximum Gasteiger partial charge on any atom is 0.113 e. The molecule has 1 unspecified atom stereocenters. The molecule has 2 fully saturated rings. The smallest absolute Gasteiger partial charge is 0.113 e. The Kier molecular flexibility index (Phi) is 3.17. The third kappa shape index (κ3) is 2.64. The highest BCUT2D eigenvalue weighted by Gasteiger charge is 2.23. The largest absolute Gasteiger partial charge is 0.313 e. The molecule has 2 aliphatic rings. The van der Waals surface area contributed by atoms with E-state index in [0.29, 0.717) is 12.6 Å². The molecule has 0 amide bonds. The van der Waals surface area contributed by atoms with Crippen LogP contribution in [0.2, 0.25) is 0 Å². The van der Waals surface area contributed by atoms with E-state index in [9.17, 15) is 4.39 Å². The molecule has 0 aromatic heterocycles. The Balaban J connectivity index is 1.73. The van der Waals surface area contributed by atoms with Crippen molar-refractivity contribution in [3.63, 3.8) is 0 Å². The van der Waals surface area contributed by atoms with E-state index in [-0.39, 0.29) is 0 Å². The van der Waals surface area contributed by atoms with Gasteiger partial charge in [0.05, 0.1) is 0 Å². The van der Waals surface area contributed by atoms with Crippen LogP contribution in [0.15, 0.2) is 0 Å². The zero-order valence-electron chi connectivity index (χ0n) is 8.14. The Morgan fingerprint density at radius 3 is 2.92 bits per heavy atom. The van der Waals surface area contributed by atoms with Crippen molar-refractivity contribution in [2.45, 2.75) is 37.9 Å². The standard InChI is InChI=1S/C10H19FN2/c11-9-3-2-6-13(7-9)8-10-4-1-5-12-10/h9-10,12H,1-8H2/t9?,10-/m0/s1. The van der Waals surface area contributed by atoms with E-state index in [0.717, 1.165) is 32.5 Å². The van der Waals surface area contributed by atoms with Gasteiger partial charge >= 0.3 is 0 Å². The number of hydrogen-bond donors (Lipinski definition) is 1. The Bertz CT molecular complexity index is 157. The first-order chi connectivity index (χ1) is 6.34. The summed E-state index contributed by atoms with van der Waals surface area (Å²) in [6.07, 6.45) is 3.79. The minimum absolute atomic E-state index is 0.574. The predicted molar refractivity (Wildman–Crippen MR) is 51.6 cm³/mol. The molecule has 0 saturated carbocycles. The summed E-state index contributed by atoms with van der Waals surface area (Å²) in [6.45, 7) is 3.97. The summed E-state index contributed by atoms with van der Waals surface area (Å²) in [7, 11) is 0. The Morgan fingerprint density at radius 1 is 1.31 bits per heavy atom. The van der Waals surface area contributed by atoms with E-state index < -0.39 is 6.17 Å².